The second kappa shape index (κ2) is 32.2. The first kappa shape index (κ1) is 46.0. The monoisotopic (exact) mass is 689 g/mol. The summed E-state index contributed by atoms with van der Waals surface area (Å²) >= 11 is 0. The number of carbonyl (C=O) groups excluding carboxylic acids is 1. The van der Waals surface area contributed by atoms with E-state index in [1.807, 2.05) is 21.1 Å². The van der Waals surface area contributed by atoms with Crippen LogP contribution in [0.1, 0.15) is 155 Å². The Morgan fingerprint density at radius 2 is 1.13 bits per heavy atom. The molecule has 0 aliphatic heterocycles. The zero-order valence-electron chi connectivity index (χ0n) is 31.3. The SMILES string of the molecule is CCCC/C=C\CCCCCCCC(=O)O[C@H](COCCCCCCCC/C=C\CCCCCC)COP(=O)(O)OCC[N+](C)(C)C. The molecule has 0 amide bonds. The minimum absolute atomic E-state index is 0.0865. The van der Waals surface area contributed by atoms with Crippen LogP contribution in [0.15, 0.2) is 24.3 Å². The van der Waals surface area contributed by atoms with E-state index < -0.39 is 13.9 Å². The summed E-state index contributed by atoms with van der Waals surface area (Å²) in [6.07, 6.45) is 33.4. The average molecular weight is 689 g/mol. The molecular weight excluding hydrogens is 613 g/mol. The van der Waals surface area contributed by atoms with Crippen molar-refractivity contribution >= 4 is 13.8 Å². The highest BCUT2D eigenvalue weighted by atomic mass is 31.2. The number of phosphoric ester groups is 1. The predicted molar refractivity (Wildman–Crippen MR) is 197 cm³/mol. The molecule has 0 aromatic heterocycles. The highest BCUT2D eigenvalue weighted by Gasteiger charge is 2.26. The molecule has 47 heavy (non-hydrogen) atoms. The van der Waals surface area contributed by atoms with Crippen LogP contribution in [0.3, 0.4) is 0 Å². The molecule has 0 rings (SSSR count). The van der Waals surface area contributed by atoms with Crippen LogP contribution in [0.4, 0.5) is 0 Å². The van der Waals surface area contributed by atoms with E-state index in [9.17, 15) is 14.3 Å². The molecule has 1 N–H and O–H groups in total. The molecule has 1 unspecified atom stereocenters. The van der Waals surface area contributed by atoms with Crippen LogP contribution in [0.2, 0.25) is 0 Å². The zero-order valence-corrected chi connectivity index (χ0v) is 32.2. The van der Waals surface area contributed by atoms with Gasteiger partial charge in [-0.05, 0) is 57.8 Å². The fourth-order valence-electron chi connectivity index (χ4n) is 4.94. The van der Waals surface area contributed by atoms with E-state index in [2.05, 4.69) is 38.2 Å². The van der Waals surface area contributed by atoms with Crippen LogP contribution in [-0.4, -0.2) is 75.6 Å². The highest BCUT2D eigenvalue weighted by molar-refractivity contribution is 7.47. The first-order valence-electron chi connectivity index (χ1n) is 19.1. The number of unbranched alkanes of at least 4 members (excludes halogenated alkanes) is 17. The van der Waals surface area contributed by atoms with Crippen LogP contribution < -0.4 is 0 Å². The summed E-state index contributed by atoms with van der Waals surface area (Å²) in [7, 11) is 1.66. The number of quaternary nitrogens is 1. The number of hydrogen-bond donors (Lipinski definition) is 1. The Balaban J connectivity index is 4.31. The maximum absolute atomic E-state index is 12.6. The van der Waals surface area contributed by atoms with Gasteiger partial charge in [0.15, 0.2) is 0 Å². The molecule has 0 saturated heterocycles. The fraction of sp³-hybridized carbons (Fsp3) is 0.868. The van der Waals surface area contributed by atoms with Gasteiger partial charge in [0.2, 0.25) is 0 Å². The van der Waals surface area contributed by atoms with Crippen molar-refractivity contribution in [1.29, 1.82) is 0 Å². The lowest BCUT2D eigenvalue weighted by Crippen LogP contribution is -2.37. The van der Waals surface area contributed by atoms with Gasteiger partial charge >= 0.3 is 13.8 Å². The van der Waals surface area contributed by atoms with Crippen molar-refractivity contribution in [3.8, 4) is 0 Å². The molecule has 2 atom stereocenters. The number of hydrogen-bond acceptors (Lipinski definition) is 6. The number of esters is 1. The average Bonchev–Trinajstić information content (AvgIpc) is 3.01. The van der Waals surface area contributed by atoms with Gasteiger partial charge in [0.25, 0.3) is 0 Å². The third-order valence-corrected chi connectivity index (χ3v) is 8.97. The summed E-state index contributed by atoms with van der Waals surface area (Å²) in [4.78, 5) is 22.7. The van der Waals surface area contributed by atoms with Gasteiger partial charge in [0.05, 0.1) is 34.4 Å². The van der Waals surface area contributed by atoms with Gasteiger partial charge in [-0.1, -0.05) is 115 Å². The van der Waals surface area contributed by atoms with E-state index in [4.69, 9.17) is 18.5 Å². The normalized spacial score (nSPS) is 14.3. The van der Waals surface area contributed by atoms with E-state index in [0.29, 0.717) is 24.1 Å². The van der Waals surface area contributed by atoms with Crippen molar-refractivity contribution in [3.63, 3.8) is 0 Å². The summed E-state index contributed by atoms with van der Waals surface area (Å²) < 4.78 is 34.8. The lowest BCUT2D eigenvalue weighted by molar-refractivity contribution is -0.870. The molecule has 0 aliphatic rings. The van der Waals surface area contributed by atoms with Gasteiger partial charge in [0, 0.05) is 13.0 Å². The largest absolute Gasteiger partial charge is 0.472 e. The van der Waals surface area contributed by atoms with Crippen molar-refractivity contribution in [2.24, 2.45) is 0 Å². The zero-order chi connectivity index (χ0) is 34.9. The Bertz CT molecular complexity index is 812. The first-order valence-corrected chi connectivity index (χ1v) is 20.6. The molecule has 0 aromatic rings. The van der Waals surface area contributed by atoms with E-state index in [-0.39, 0.29) is 25.8 Å². The Morgan fingerprint density at radius 3 is 1.68 bits per heavy atom. The van der Waals surface area contributed by atoms with Crippen molar-refractivity contribution in [2.75, 3.05) is 54.1 Å². The minimum atomic E-state index is -4.27. The van der Waals surface area contributed by atoms with Crippen LogP contribution in [0, 0.1) is 0 Å². The van der Waals surface area contributed by atoms with Gasteiger partial charge in [-0.25, -0.2) is 4.57 Å². The molecule has 9 heteroatoms. The van der Waals surface area contributed by atoms with Crippen LogP contribution in [0.5, 0.6) is 0 Å². The van der Waals surface area contributed by atoms with E-state index in [0.717, 1.165) is 44.9 Å². The number of likely N-dealkylation sites (N-methyl/N-ethyl adjacent to an activating group) is 1. The van der Waals surface area contributed by atoms with Gasteiger partial charge in [-0.15, -0.1) is 0 Å². The van der Waals surface area contributed by atoms with Gasteiger partial charge in [-0.2, -0.15) is 0 Å². The maximum Gasteiger partial charge on any atom is 0.472 e. The summed E-state index contributed by atoms with van der Waals surface area (Å²) in [5.41, 5.74) is 0. The third-order valence-electron chi connectivity index (χ3n) is 7.99. The predicted octanol–water partition coefficient (Wildman–Crippen LogP) is 10.5. The van der Waals surface area contributed by atoms with Crippen molar-refractivity contribution in [1.82, 2.24) is 0 Å². The Labute approximate surface area is 290 Å². The minimum Gasteiger partial charge on any atom is -0.457 e. The molecule has 0 aromatic carbocycles. The number of allylic oxidation sites excluding steroid dienone is 4. The highest BCUT2D eigenvalue weighted by Crippen LogP contribution is 2.43. The molecule has 0 fully saturated rings. The first-order chi connectivity index (χ1) is 22.6. The molecule has 0 heterocycles. The molecule has 278 valence electrons. The number of phosphoric acid groups is 1. The van der Waals surface area contributed by atoms with Gasteiger partial charge in [0.1, 0.15) is 19.3 Å². The number of ether oxygens (including phenoxy) is 2. The van der Waals surface area contributed by atoms with E-state index in [1.165, 1.54) is 89.9 Å². The van der Waals surface area contributed by atoms with Crippen molar-refractivity contribution in [2.45, 2.75) is 161 Å². The Morgan fingerprint density at radius 1 is 0.638 bits per heavy atom. The van der Waals surface area contributed by atoms with Crippen molar-refractivity contribution < 1.29 is 37.3 Å². The summed E-state index contributed by atoms with van der Waals surface area (Å²) in [5.74, 6) is -0.328. The van der Waals surface area contributed by atoms with Crippen LogP contribution in [-0.2, 0) is 27.9 Å². The number of rotatable bonds is 35. The maximum atomic E-state index is 12.6. The standard InChI is InChI=1S/C38H74NO7P/c1-6-8-10-12-14-16-18-19-20-22-24-26-28-30-33-43-35-37(36-45-47(41,42)44-34-32-39(3,4)5)46-38(40)31-29-27-25-23-21-17-15-13-11-9-7-2/h13,15-16,18,37H,6-12,14,17,19-36H2,1-5H3/p+1/b15-13-,18-16-/t37-/m1/s1. The second-order valence-corrected chi connectivity index (χ2v) is 15.4. The topological polar surface area (TPSA) is 91.3 Å². The molecule has 0 spiro atoms. The third kappa shape index (κ3) is 36.1. The second-order valence-electron chi connectivity index (χ2n) is 13.9. The lowest BCUT2D eigenvalue weighted by atomic mass is 10.1. The Kier molecular flexibility index (Phi) is 31.5. The molecule has 0 aliphatic carbocycles. The van der Waals surface area contributed by atoms with Crippen LogP contribution in [0.25, 0.3) is 0 Å². The molecule has 0 radical (unpaired) electrons. The van der Waals surface area contributed by atoms with Gasteiger partial charge < -0.3 is 18.9 Å². The smallest absolute Gasteiger partial charge is 0.457 e. The Hall–Kier alpha value is -1.02. The van der Waals surface area contributed by atoms with E-state index >= 15 is 0 Å². The molecule has 8 nitrogen and oxygen atoms in total. The molecule has 0 bridgehead atoms. The summed E-state index contributed by atoms with van der Waals surface area (Å²) in [6.45, 7) is 5.54. The summed E-state index contributed by atoms with van der Waals surface area (Å²) in [6, 6.07) is 0. The van der Waals surface area contributed by atoms with Crippen molar-refractivity contribution in [3.05, 3.63) is 24.3 Å². The van der Waals surface area contributed by atoms with E-state index in [1.54, 1.807) is 0 Å². The number of nitrogens with zero attached hydrogens (tertiary/aromatic N) is 1. The van der Waals surface area contributed by atoms with Gasteiger partial charge in [-0.3, -0.25) is 13.8 Å². The summed E-state index contributed by atoms with van der Waals surface area (Å²) in [5, 5.41) is 0. The van der Waals surface area contributed by atoms with Crippen LogP contribution >= 0.6 is 7.82 Å². The molecular formula is C38H75NO7P+. The lowest BCUT2D eigenvalue weighted by Gasteiger charge is -2.24. The fourth-order valence-corrected chi connectivity index (χ4v) is 5.68. The number of carbonyl (C=O) groups is 1. The quantitative estimate of drug-likeness (QED) is 0.0233. The molecule has 0 saturated carbocycles.